The van der Waals surface area contributed by atoms with Crippen molar-refractivity contribution >= 4 is 61.5 Å². The van der Waals surface area contributed by atoms with Gasteiger partial charge in [-0.1, -0.05) is 15.9 Å². The van der Waals surface area contributed by atoms with E-state index in [4.69, 9.17) is 21.1 Å². The SMILES string of the molecule is ClC(c1csc(I)c1)c1cc2c(cc1Br)OCCO2. The van der Waals surface area contributed by atoms with Gasteiger partial charge in [-0.25, -0.2) is 0 Å². The lowest BCUT2D eigenvalue weighted by molar-refractivity contribution is 0.171. The Labute approximate surface area is 142 Å². The number of rotatable bonds is 2. The average Bonchev–Trinajstić information content (AvgIpc) is 2.84. The molecule has 0 radical (unpaired) electrons. The standard InChI is InChI=1S/C13H9BrClIO2S/c14-9-5-11-10(17-1-2-18-11)4-8(9)13(15)7-3-12(16)19-6-7/h3-6,13H,1-2H2. The number of benzene rings is 1. The fourth-order valence-corrected chi connectivity index (χ4v) is 4.37. The normalized spacial score (nSPS) is 15.3. The largest absolute Gasteiger partial charge is 0.486 e. The van der Waals surface area contributed by atoms with Crippen LogP contribution in [0.15, 0.2) is 28.1 Å². The van der Waals surface area contributed by atoms with Gasteiger partial charge < -0.3 is 9.47 Å². The van der Waals surface area contributed by atoms with Gasteiger partial charge in [0.2, 0.25) is 0 Å². The molecule has 1 atom stereocenters. The molecule has 3 rings (SSSR count). The summed E-state index contributed by atoms with van der Waals surface area (Å²) in [5.74, 6) is 1.53. The quantitative estimate of drug-likeness (QED) is 0.442. The van der Waals surface area contributed by atoms with E-state index in [0.717, 1.165) is 27.1 Å². The van der Waals surface area contributed by atoms with Crippen molar-refractivity contribution in [3.63, 3.8) is 0 Å². The molecule has 0 aliphatic carbocycles. The number of thiophene rings is 1. The first-order chi connectivity index (χ1) is 9.15. The number of fused-ring (bicyclic) bond motifs is 1. The van der Waals surface area contributed by atoms with E-state index in [9.17, 15) is 0 Å². The van der Waals surface area contributed by atoms with Crippen molar-refractivity contribution in [1.82, 2.24) is 0 Å². The summed E-state index contributed by atoms with van der Waals surface area (Å²) in [6.07, 6.45) is 0. The van der Waals surface area contributed by atoms with Crippen LogP contribution in [0, 0.1) is 2.88 Å². The number of hydrogen-bond acceptors (Lipinski definition) is 3. The zero-order valence-electron chi connectivity index (χ0n) is 9.66. The van der Waals surface area contributed by atoms with Gasteiger partial charge in [-0.15, -0.1) is 22.9 Å². The molecule has 0 amide bonds. The maximum Gasteiger partial charge on any atom is 0.162 e. The van der Waals surface area contributed by atoms with Gasteiger partial charge in [-0.2, -0.15) is 0 Å². The van der Waals surface area contributed by atoms with E-state index in [1.807, 2.05) is 12.1 Å². The highest BCUT2D eigenvalue weighted by Crippen LogP contribution is 2.42. The van der Waals surface area contributed by atoms with Gasteiger partial charge in [-0.05, 0) is 57.3 Å². The molecule has 0 fully saturated rings. The molecular formula is C13H9BrClIO2S. The minimum Gasteiger partial charge on any atom is -0.486 e. The van der Waals surface area contributed by atoms with E-state index < -0.39 is 0 Å². The third-order valence-corrected chi connectivity index (χ3v) is 5.80. The van der Waals surface area contributed by atoms with Crippen LogP contribution in [0.25, 0.3) is 0 Å². The smallest absolute Gasteiger partial charge is 0.162 e. The second kappa shape index (κ2) is 5.79. The number of ether oxygens (including phenoxy) is 2. The van der Waals surface area contributed by atoms with Gasteiger partial charge in [0.05, 0.1) is 8.26 Å². The monoisotopic (exact) mass is 470 g/mol. The summed E-state index contributed by atoms with van der Waals surface area (Å²) in [6.45, 7) is 1.17. The molecule has 1 aliphatic heterocycles. The Morgan fingerprint density at radius 1 is 1.21 bits per heavy atom. The van der Waals surface area contributed by atoms with Crippen LogP contribution in [0.4, 0.5) is 0 Å². The van der Waals surface area contributed by atoms with Crippen LogP contribution >= 0.6 is 61.5 Å². The minimum atomic E-state index is -0.190. The minimum absolute atomic E-state index is 0.190. The fourth-order valence-electron chi connectivity index (χ4n) is 1.91. The molecule has 0 bridgehead atoms. The first kappa shape index (κ1) is 14.0. The van der Waals surface area contributed by atoms with Crippen molar-refractivity contribution in [3.8, 4) is 11.5 Å². The Hall–Kier alpha value is 0.0200. The summed E-state index contributed by atoms with van der Waals surface area (Å²) in [7, 11) is 0. The fraction of sp³-hybridized carbons (Fsp3) is 0.231. The molecule has 0 saturated heterocycles. The number of alkyl halides is 1. The van der Waals surface area contributed by atoms with Crippen LogP contribution in [-0.4, -0.2) is 13.2 Å². The predicted octanol–water partition coefficient (Wildman–Crippen LogP) is 5.21. The van der Waals surface area contributed by atoms with Gasteiger partial charge in [0.1, 0.15) is 13.2 Å². The second-order valence-corrected chi connectivity index (χ2v) is 8.16. The lowest BCUT2D eigenvalue weighted by Gasteiger charge is -2.21. The Morgan fingerprint density at radius 3 is 2.53 bits per heavy atom. The van der Waals surface area contributed by atoms with Gasteiger partial charge in [0.15, 0.2) is 11.5 Å². The van der Waals surface area contributed by atoms with E-state index >= 15 is 0 Å². The third-order valence-electron chi connectivity index (χ3n) is 2.81. The van der Waals surface area contributed by atoms with E-state index in [0.29, 0.717) is 13.2 Å². The molecule has 19 heavy (non-hydrogen) atoms. The van der Waals surface area contributed by atoms with E-state index in [-0.39, 0.29) is 5.38 Å². The lowest BCUT2D eigenvalue weighted by atomic mass is 10.1. The van der Waals surface area contributed by atoms with Gasteiger partial charge in [0, 0.05) is 4.47 Å². The van der Waals surface area contributed by atoms with E-state index in [1.54, 1.807) is 11.3 Å². The molecule has 2 nitrogen and oxygen atoms in total. The first-order valence-corrected chi connectivity index (χ1v) is 8.81. The first-order valence-electron chi connectivity index (χ1n) is 5.62. The summed E-state index contributed by atoms with van der Waals surface area (Å²) in [6, 6.07) is 5.99. The second-order valence-electron chi connectivity index (χ2n) is 4.06. The molecule has 2 heterocycles. The highest BCUT2D eigenvalue weighted by atomic mass is 127. The molecule has 0 spiro atoms. The van der Waals surface area contributed by atoms with Gasteiger partial charge >= 0.3 is 0 Å². The van der Waals surface area contributed by atoms with Crippen molar-refractivity contribution in [2.75, 3.05) is 13.2 Å². The molecule has 1 aliphatic rings. The van der Waals surface area contributed by atoms with E-state index in [2.05, 4.69) is 50.0 Å². The van der Waals surface area contributed by atoms with Crippen LogP contribution in [0.5, 0.6) is 11.5 Å². The van der Waals surface area contributed by atoms with Crippen LogP contribution in [0.3, 0.4) is 0 Å². The Balaban J connectivity index is 2.00. The third kappa shape index (κ3) is 2.89. The summed E-state index contributed by atoms with van der Waals surface area (Å²) >= 11 is 14.1. The summed E-state index contributed by atoms with van der Waals surface area (Å²) in [5, 5.41) is 1.90. The lowest BCUT2D eigenvalue weighted by Crippen LogP contribution is -2.15. The highest BCUT2D eigenvalue weighted by Gasteiger charge is 2.20. The Kier molecular flexibility index (Phi) is 4.26. The molecule has 1 aromatic heterocycles. The van der Waals surface area contributed by atoms with E-state index in [1.165, 1.54) is 2.88 Å². The van der Waals surface area contributed by atoms with Crippen molar-refractivity contribution in [3.05, 3.63) is 42.1 Å². The number of hydrogen-bond donors (Lipinski definition) is 0. The molecule has 1 aromatic carbocycles. The van der Waals surface area contributed by atoms with Crippen LogP contribution in [0.2, 0.25) is 0 Å². The number of halogens is 3. The molecule has 6 heteroatoms. The van der Waals surface area contributed by atoms with Crippen molar-refractivity contribution in [1.29, 1.82) is 0 Å². The molecular weight excluding hydrogens is 462 g/mol. The van der Waals surface area contributed by atoms with Crippen molar-refractivity contribution < 1.29 is 9.47 Å². The van der Waals surface area contributed by atoms with Crippen LogP contribution < -0.4 is 9.47 Å². The zero-order chi connectivity index (χ0) is 13.4. The van der Waals surface area contributed by atoms with Crippen molar-refractivity contribution in [2.24, 2.45) is 0 Å². The van der Waals surface area contributed by atoms with Crippen LogP contribution in [0.1, 0.15) is 16.5 Å². The Bertz CT molecular complexity index is 617. The summed E-state index contributed by atoms with van der Waals surface area (Å²) in [4.78, 5) is 0. The molecule has 0 N–H and O–H groups in total. The summed E-state index contributed by atoms with van der Waals surface area (Å²) < 4.78 is 13.3. The van der Waals surface area contributed by atoms with Gasteiger partial charge in [-0.3, -0.25) is 0 Å². The maximum absolute atomic E-state index is 6.57. The predicted molar refractivity (Wildman–Crippen MR) is 89.9 cm³/mol. The molecule has 2 aromatic rings. The maximum atomic E-state index is 6.57. The average molecular weight is 472 g/mol. The molecule has 0 saturated carbocycles. The van der Waals surface area contributed by atoms with Gasteiger partial charge in [0.25, 0.3) is 0 Å². The highest BCUT2D eigenvalue weighted by molar-refractivity contribution is 14.1. The summed E-state index contributed by atoms with van der Waals surface area (Å²) in [5.41, 5.74) is 2.11. The Morgan fingerprint density at radius 2 is 1.89 bits per heavy atom. The molecule has 100 valence electrons. The zero-order valence-corrected chi connectivity index (χ0v) is 15.0. The van der Waals surface area contributed by atoms with Crippen molar-refractivity contribution in [2.45, 2.75) is 5.38 Å². The van der Waals surface area contributed by atoms with Crippen LogP contribution in [-0.2, 0) is 0 Å². The topological polar surface area (TPSA) is 18.5 Å². The molecule has 1 unspecified atom stereocenters.